The molecule has 8 nitrogen and oxygen atoms in total. The second kappa shape index (κ2) is 9.74. The topological polar surface area (TPSA) is 99.6 Å². The Kier molecular flexibility index (Phi) is 6.76. The molecule has 0 aliphatic carbocycles. The molecule has 0 saturated carbocycles. The van der Waals surface area contributed by atoms with Crippen LogP contribution in [0.4, 0.5) is 5.69 Å². The number of fused-ring (bicyclic) bond motifs is 1. The number of hydrogen-bond donors (Lipinski definition) is 1. The summed E-state index contributed by atoms with van der Waals surface area (Å²) in [5, 5.41) is 1.01. The number of halogens is 1. The van der Waals surface area contributed by atoms with Crippen molar-refractivity contribution in [2.75, 3.05) is 18.9 Å². The van der Waals surface area contributed by atoms with E-state index in [1.807, 2.05) is 6.07 Å². The standard InChI is InChI=1S/C24H22ClN3O5S/c1-15-18(25)5-4-6-23(15)34(29,30)28-20-12-17-13-26-10-9-19(17)27-24(20)33-14-16-7-8-21(31-2)22(11-16)32-3/h4-13,28H,14H2,1-3H3. The molecule has 34 heavy (non-hydrogen) atoms. The first kappa shape index (κ1) is 23.6. The van der Waals surface area contributed by atoms with Gasteiger partial charge in [-0.15, -0.1) is 0 Å². The number of anilines is 1. The molecule has 4 rings (SSSR count). The summed E-state index contributed by atoms with van der Waals surface area (Å²) in [6.45, 7) is 1.77. The van der Waals surface area contributed by atoms with Gasteiger partial charge in [0.1, 0.15) is 12.3 Å². The molecule has 2 aromatic heterocycles. The first-order valence-electron chi connectivity index (χ1n) is 10.2. The normalized spacial score (nSPS) is 11.3. The Morgan fingerprint density at radius 1 is 1.03 bits per heavy atom. The monoisotopic (exact) mass is 499 g/mol. The van der Waals surface area contributed by atoms with Gasteiger partial charge in [0, 0.05) is 22.8 Å². The third kappa shape index (κ3) is 4.85. The van der Waals surface area contributed by atoms with Crippen LogP contribution in [0.1, 0.15) is 11.1 Å². The molecule has 4 aromatic rings. The largest absolute Gasteiger partial charge is 0.493 e. The highest BCUT2D eigenvalue weighted by Gasteiger charge is 2.21. The van der Waals surface area contributed by atoms with Gasteiger partial charge < -0.3 is 14.2 Å². The molecule has 2 heterocycles. The number of ether oxygens (including phenoxy) is 3. The maximum absolute atomic E-state index is 13.2. The van der Waals surface area contributed by atoms with Crippen molar-refractivity contribution in [3.63, 3.8) is 0 Å². The van der Waals surface area contributed by atoms with Gasteiger partial charge in [0.05, 0.1) is 24.6 Å². The Balaban J connectivity index is 1.70. The number of sulfonamides is 1. The number of aromatic nitrogens is 2. The molecule has 0 amide bonds. The zero-order chi connectivity index (χ0) is 24.3. The number of methoxy groups -OCH3 is 2. The van der Waals surface area contributed by atoms with Crippen molar-refractivity contribution < 1.29 is 22.6 Å². The summed E-state index contributed by atoms with van der Waals surface area (Å²) in [7, 11) is -0.866. The molecule has 0 atom stereocenters. The van der Waals surface area contributed by atoms with E-state index in [1.54, 1.807) is 69.9 Å². The lowest BCUT2D eigenvalue weighted by Gasteiger charge is -2.16. The summed E-state index contributed by atoms with van der Waals surface area (Å²) in [5.41, 5.74) is 2.02. The SMILES string of the molecule is COc1ccc(COc2nc3ccncc3cc2NS(=O)(=O)c2cccc(Cl)c2C)cc1OC. The number of pyridine rings is 2. The Bertz CT molecular complexity index is 1460. The van der Waals surface area contributed by atoms with E-state index < -0.39 is 10.0 Å². The van der Waals surface area contributed by atoms with E-state index in [0.717, 1.165) is 5.56 Å². The van der Waals surface area contributed by atoms with Crippen LogP contribution in [0.15, 0.2) is 65.8 Å². The van der Waals surface area contributed by atoms with E-state index in [1.165, 1.54) is 6.07 Å². The Morgan fingerprint density at radius 3 is 2.59 bits per heavy atom. The molecule has 176 valence electrons. The predicted molar refractivity (Wildman–Crippen MR) is 130 cm³/mol. The van der Waals surface area contributed by atoms with Crippen LogP contribution in [0.3, 0.4) is 0 Å². The quantitative estimate of drug-likeness (QED) is 0.364. The first-order valence-corrected chi connectivity index (χ1v) is 12.0. The van der Waals surface area contributed by atoms with Crippen LogP contribution < -0.4 is 18.9 Å². The lowest BCUT2D eigenvalue weighted by molar-refractivity contribution is 0.295. The second-order valence-electron chi connectivity index (χ2n) is 7.36. The molecule has 1 N–H and O–H groups in total. The van der Waals surface area contributed by atoms with Gasteiger partial charge in [-0.2, -0.15) is 0 Å². The summed E-state index contributed by atoms with van der Waals surface area (Å²) < 4.78 is 45.5. The van der Waals surface area contributed by atoms with E-state index in [0.29, 0.717) is 33.0 Å². The van der Waals surface area contributed by atoms with Crippen molar-refractivity contribution in [3.8, 4) is 17.4 Å². The molecule has 10 heteroatoms. The van der Waals surface area contributed by atoms with Gasteiger partial charge in [0.2, 0.25) is 5.88 Å². The average Bonchev–Trinajstić information content (AvgIpc) is 2.83. The minimum Gasteiger partial charge on any atom is -0.493 e. The van der Waals surface area contributed by atoms with E-state index >= 15 is 0 Å². The molecule has 2 aromatic carbocycles. The van der Waals surface area contributed by atoms with Crippen molar-refractivity contribution in [1.82, 2.24) is 9.97 Å². The van der Waals surface area contributed by atoms with Crippen LogP contribution in [0.2, 0.25) is 5.02 Å². The van der Waals surface area contributed by atoms with Gasteiger partial charge in [-0.05, 0) is 54.4 Å². The van der Waals surface area contributed by atoms with Crippen molar-refractivity contribution in [2.24, 2.45) is 0 Å². The molecule has 0 saturated heterocycles. The van der Waals surface area contributed by atoms with Crippen LogP contribution in [0.5, 0.6) is 17.4 Å². The molecule has 0 spiro atoms. The molecular weight excluding hydrogens is 478 g/mol. The van der Waals surface area contributed by atoms with E-state index in [4.69, 9.17) is 25.8 Å². The van der Waals surface area contributed by atoms with Gasteiger partial charge in [-0.3, -0.25) is 9.71 Å². The first-order chi connectivity index (χ1) is 16.3. The minimum atomic E-state index is -3.97. The zero-order valence-electron chi connectivity index (χ0n) is 18.7. The fraction of sp³-hybridized carbons (Fsp3) is 0.167. The van der Waals surface area contributed by atoms with E-state index in [-0.39, 0.29) is 23.1 Å². The van der Waals surface area contributed by atoms with Crippen molar-refractivity contribution in [2.45, 2.75) is 18.4 Å². The number of nitrogens with zero attached hydrogens (tertiary/aromatic N) is 2. The molecule has 0 radical (unpaired) electrons. The highest BCUT2D eigenvalue weighted by Crippen LogP contribution is 2.32. The average molecular weight is 500 g/mol. The van der Waals surface area contributed by atoms with Crippen LogP contribution >= 0.6 is 11.6 Å². The Morgan fingerprint density at radius 2 is 1.82 bits per heavy atom. The van der Waals surface area contributed by atoms with Gasteiger partial charge in [0.15, 0.2) is 11.5 Å². The number of benzene rings is 2. The molecule has 0 bridgehead atoms. The fourth-order valence-corrected chi connectivity index (χ4v) is 4.93. The number of rotatable bonds is 8. The second-order valence-corrected chi connectivity index (χ2v) is 9.41. The lowest BCUT2D eigenvalue weighted by Crippen LogP contribution is -2.16. The smallest absolute Gasteiger partial charge is 0.262 e. The third-order valence-electron chi connectivity index (χ3n) is 5.16. The van der Waals surface area contributed by atoms with Crippen LogP contribution in [0, 0.1) is 6.92 Å². The minimum absolute atomic E-state index is 0.0668. The summed E-state index contributed by atoms with van der Waals surface area (Å²) in [6, 6.07) is 13.4. The van der Waals surface area contributed by atoms with Gasteiger partial charge in [0.25, 0.3) is 10.0 Å². The maximum atomic E-state index is 13.2. The number of nitrogens with one attached hydrogen (secondary N) is 1. The van der Waals surface area contributed by atoms with E-state index in [9.17, 15) is 8.42 Å². The van der Waals surface area contributed by atoms with Crippen molar-refractivity contribution in [1.29, 1.82) is 0 Å². The van der Waals surface area contributed by atoms with E-state index in [2.05, 4.69) is 14.7 Å². The molecule has 0 aliphatic heterocycles. The molecule has 0 aliphatic rings. The van der Waals surface area contributed by atoms with Gasteiger partial charge in [-0.1, -0.05) is 23.7 Å². The highest BCUT2D eigenvalue weighted by atomic mass is 35.5. The van der Waals surface area contributed by atoms with Crippen LogP contribution in [-0.4, -0.2) is 32.6 Å². The lowest BCUT2D eigenvalue weighted by atomic mass is 10.2. The fourth-order valence-electron chi connectivity index (χ4n) is 3.38. The van der Waals surface area contributed by atoms with Crippen LogP contribution in [0.25, 0.3) is 10.9 Å². The van der Waals surface area contributed by atoms with Crippen molar-refractivity contribution >= 4 is 38.2 Å². The summed E-state index contributed by atoms with van der Waals surface area (Å²) in [4.78, 5) is 8.67. The number of hydrogen-bond acceptors (Lipinski definition) is 7. The Hall–Kier alpha value is -3.56. The predicted octanol–water partition coefficient (Wildman–Crippen LogP) is 4.99. The third-order valence-corrected chi connectivity index (χ3v) is 7.07. The summed E-state index contributed by atoms with van der Waals surface area (Å²) in [5.74, 6) is 1.27. The van der Waals surface area contributed by atoms with Gasteiger partial charge >= 0.3 is 0 Å². The summed E-state index contributed by atoms with van der Waals surface area (Å²) >= 11 is 6.14. The molecule has 0 fully saturated rings. The van der Waals surface area contributed by atoms with Crippen LogP contribution in [-0.2, 0) is 16.6 Å². The highest BCUT2D eigenvalue weighted by molar-refractivity contribution is 7.92. The maximum Gasteiger partial charge on any atom is 0.262 e. The van der Waals surface area contributed by atoms with Gasteiger partial charge in [-0.25, -0.2) is 13.4 Å². The Labute approximate surface area is 202 Å². The van der Waals surface area contributed by atoms with Crippen molar-refractivity contribution in [3.05, 3.63) is 77.1 Å². The zero-order valence-corrected chi connectivity index (χ0v) is 20.3. The summed E-state index contributed by atoms with van der Waals surface area (Å²) in [6.07, 6.45) is 3.20. The molecule has 0 unspecified atom stereocenters. The molecular formula is C24H22ClN3O5S.